The Balaban J connectivity index is 0.00000242. The first-order valence-electron chi connectivity index (χ1n) is 7.40. The molecule has 0 radical (unpaired) electrons. The third-order valence-corrected chi connectivity index (χ3v) is 3.90. The Morgan fingerprint density at radius 1 is 1.14 bits per heavy atom. The van der Waals surface area contributed by atoms with Gasteiger partial charge in [0.2, 0.25) is 0 Å². The summed E-state index contributed by atoms with van der Waals surface area (Å²) in [5, 5.41) is 2.51. The lowest BCUT2D eigenvalue weighted by Crippen LogP contribution is -2.36. The van der Waals surface area contributed by atoms with Crippen molar-refractivity contribution < 1.29 is 4.74 Å². The lowest BCUT2D eigenvalue weighted by atomic mass is 9.93. The SMILES string of the molecule is COc1ccc2ccccc2c1CN(C)CC(C)(C)CN.Cl. The molecule has 0 heterocycles. The van der Waals surface area contributed by atoms with E-state index in [0.717, 1.165) is 18.8 Å². The number of fused-ring (bicyclic) bond motifs is 1. The highest BCUT2D eigenvalue weighted by atomic mass is 35.5. The van der Waals surface area contributed by atoms with E-state index in [2.05, 4.69) is 62.2 Å². The number of methoxy groups -OCH3 is 1. The second kappa shape index (κ2) is 7.82. The molecule has 4 heteroatoms. The normalized spacial score (nSPS) is 11.5. The zero-order valence-electron chi connectivity index (χ0n) is 13.9. The van der Waals surface area contributed by atoms with Gasteiger partial charge in [0.15, 0.2) is 0 Å². The third-order valence-electron chi connectivity index (χ3n) is 3.90. The quantitative estimate of drug-likeness (QED) is 0.881. The Morgan fingerprint density at radius 3 is 2.45 bits per heavy atom. The molecule has 3 nitrogen and oxygen atoms in total. The van der Waals surface area contributed by atoms with Crippen molar-refractivity contribution in [2.75, 3.05) is 27.2 Å². The Labute approximate surface area is 139 Å². The van der Waals surface area contributed by atoms with E-state index in [1.165, 1.54) is 16.3 Å². The van der Waals surface area contributed by atoms with E-state index < -0.39 is 0 Å². The fraction of sp³-hybridized carbons (Fsp3) is 0.444. The van der Waals surface area contributed by atoms with Crippen LogP contribution in [0, 0.1) is 5.41 Å². The second-order valence-corrected chi connectivity index (χ2v) is 6.51. The molecule has 0 saturated heterocycles. The minimum atomic E-state index is 0. The highest BCUT2D eigenvalue weighted by Crippen LogP contribution is 2.29. The first-order valence-corrected chi connectivity index (χ1v) is 7.40. The van der Waals surface area contributed by atoms with Gasteiger partial charge in [-0.2, -0.15) is 0 Å². The average Bonchev–Trinajstić information content (AvgIpc) is 2.47. The zero-order valence-corrected chi connectivity index (χ0v) is 14.7. The topological polar surface area (TPSA) is 38.5 Å². The van der Waals surface area contributed by atoms with Gasteiger partial charge in [0, 0.05) is 18.7 Å². The molecule has 0 atom stereocenters. The van der Waals surface area contributed by atoms with Gasteiger partial charge in [-0.05, 0) is 35.8 Å². The molecule has 2 aromatic rings. The predicted molar refractivity (Wildman–Crippen MR) is 96.9 cm³/mol. The Morgan fingerprint density at radius 2 is 1.82 bits per heavy atom. The summed E-state index contributed by atoms with van der Waals surface area (Å²) < 4.78 is 5.56. The fourth-order valence-corrected chi connectivity index (χ4v) is 2.79. The van der Waals surface area contributed by atoms with E-state index in [-0.39, 0.29) is 17.8 Å². The monoisotopic (exact) mass is 322 g/mol. The molecule has 0 unspecified atom stereocenters. The summed E-state index contributed by atoms with van der Waals surface area (Å²) in [7, 11) is 3.87. The minimum Gasteiger partial charge on any atom is -0.496 e. The highest BCUT2D eigenvalue weighted by Gasteiger charge is 2.19. The van der Waals surface area contributed by atoms with Crippen LogP contribution in [-0.2, 0) is 6.54 Å². The lowest BCUT2D eigenvalue weighted by Gasteiger charge is -2.29. The number of nitrogens with zero attached hydrogens (tertiary/aromatic N) is 1. The first kappa shape index (κ1) is 18.8. The molecule has 22 heavy (non-hydrogen) atoms. The van der Waals surface area contributed by atoms with Crippen molar-refractivity contribution >= 4 is 23.2 Å². The van der Waals surface area contributed by atoms with Gasteiger partial charge < -0.3 is 15.4 Å². The van der Waals surface area contributed by atoms with Crippen LogP contribution in [0.1, 0.15) is 19.4 Å². The highest BCUT2D eigenvalue weighted by molar-refractivity contribution is 5.87. The molecule has 0 amide bonds. The van der Waals surface area contributed by atoms with Crippen LogP contribution in [0.25, 0.3) is 10.8 Å². The van der Waals surface area contributed by atoms with Crippen LogP contribution in [0.15, 0.2) is 36.4 Å². The molecule has 0 spiro atoms. The molecule has 2 rings (SSSR count). The predicted octanol–water partition coefficient (Wildman–Crippen LogP) is 3.69. The number of rotatable bonds is 6. The van der Waals surface area contributed by atoms with Crippen LogP contribution in [0.2, 0.25) is 0 Å². The van der Waals surface area contributed by atoms with Crippen molar-refractivity contribution in [2.45, 2.75) is 20.4 Å². The number of hydrogen-bond acceptors (Lipinski definition) is 3. The van der Waals surface area contributed by atoms with Gasteiger partial charge in [-0.15, -0.1) is 12.4 Å². The van der Waals surface area contributed by atoms with E-state index in [4.69, 9.17) is 10.5 Å². The van der Waals surface area contributed by atoms with Gasteiger partial charge in [-0.25, -0.2) is 0 Å². The van der Waals surface area contributed by atoms with Gasteiger partial charge in [0.1, 0.15) is 5.75 Å². The molecule has 0 bridgehead atoms. The summed E-state index contributed by atoms with van der Waals surface area (Å²) in [5.41, 5.74) is 7.20. The van der Waals surface area contributed by atoms with Crippen molar-refractivity contribution in [2.24, 2.45) is 11.1 Å². The van der Waals surface area contributed by atoms with Crippen LogP contribution < -0.4 is 10.5 Å². The largest absolute Gasteiger partial charge is 0.496 e. The summed E-state index contributed by atoms with van der Waals surface area (Å²) in [5.74, 6) is 0.950. The first-order chi connectivity index (χ1) is 9.96. The maximum atomic E-state index is 5.84. The standard InChI is InChI=1S/C18H26N2O.ClH/c1-18(2,12-19)13-20(3)11-16-15-8-6-5-7-14(15)9-10-17(16)21-4;/h5-10H,11-13,19H2,1-4H3;1H. The van der Waals surface area contributed by atoms with Gasteiger partial charge in [0.25, 0.3) is 0 Å². The average molecular weight is 323 g/mol. The Hall–Kier alpha value is -1.29. The van der Waals surface area contributed by atoms with Gasteiger partial charge in [0.05, 0.1) is 7.11 Å². The molecule has 0 aliphatic rings. The summed E-state index contributed by atoms with van der Waals surface area (Å²) in [4.78, 5) is 2.32. The maximum Gasteiger partial charge on any atom is 0.123 e. The molecule has 2 N–H and O–H groups in total. The van der Waals surface area contributed by atoms with Crippen molar-refractivity contribution in [1.29, 1.82) is 0 Å². The van der Waals surface area contributed by atoms with Crippen molar-refractivity contribution in [1.82, 2.24) is 4.90 Å². The summed E-state index contributed by atoms with van der Waals surface area (Å²) in [6.07, 6.45) is 0. The molecule has 122 valence electrons. The van der Waals surface area contributed by atoms with E-state index in [9.17, 15) is 0 Å². The van der Waals surface area contributed by atoms with Gasteiger partial charge in [-0.1, -0.05) is 44.2 Å². The molecular formula is C18H27ClN2O. The van der Waals surface area contributed by atoms with Crippen LogP contribution in [0.5, 0.6) is 5.75 Å². The fourth-order valence-electron chi connectivity index (χ4n) is 2.79. The summed E-state index contributed by atoms with van der Waals surface area (Å²) in [6, 6.07) is 12.6. The molecule has 0 aliphatic heterocycles. The van der Waals surface area contributed by atoms with Crippen molar-refractivity contribution in [3.8, 4) is 5.75 Å². The number of ether oxygens (including phenoxy) is 1. The number of hydrogen-bond donors (Lipinski definition) is 1. The van der Waals surface area contributed by atoms with Crippen molar-refractivity contribution in [3.63, 3.8) is 0 Å². The Bertz CT molecular complexity index is 613. The van der Waals surface area contributed by atoms with E-state index in [0.29, 0.717) is 6.54 Å². The molecule has 0 aliphatic carbocycles. The number of benzene rings is 2. The second-order valence-electron chi connectivity index (χ2n) is 6.51. The van der Waals surface area contributed by atoms with Crippen molar-refractivity contribution in [3.05, 3.63) is 42.0 Å². The maximum absolute atomic E-state index is 5.84. The summed E-state index contributed by atoms with van der Waals surface area (Å²) >= 11 is 0. The lowest BCUT2D eigenvalue weighted by molar-refractivity contribution is 0.208. The smallest absolute Gasteiger partial charge is 0.123 e. The van der Waals surface area contributed by atoms with Crippen LogP contribution in [0.4, 0.5) is 0 Å². The Kier molecular flexibility index (Phi) is 6.66. The van der Waals surface area contributed by atoms with Gasteiger partial charge >= 0.3 is 0 Å². The minimum absolute atomic E-state index is 0. The third kappa shape index (κ3) is 4.35. The zero-order chi connectivity index (χ0) is 15.5. The molecule has 0 saturated carbocycles. The van der Waals surface area contributed by atoms with E-state index in [1.807, 2.05) is 0 Å². The van der Waals surface area contributed by atoms with Gasteiger partial charge in [-0.3, -0.25) is 0 Å². The molecule has 0 fully saturated rings. The van der Waals surface area contributed by atoms with Crippen LogP contribution in [-0.4, -0.2) is 32.1 Å². The van der Waals surface area contributed by atoms with E-state index >= 15 is 0 Å². The molecular weight excluding hydrogens is 296 g/mol. The molecule has 2 aromatic carbocycles. The van der Waals surface area contributed by atoms with E-state index in [1.54, 1.807) is 7.11 Å². The summed E-state index contributed by atoms with van der Waals surface area (Å²) in [6.45, 7) is 6.89. The van der Waals surface area contributed by atoms with Crippen LogP contribution >= 0.6 is 12.4 Å². The number of halogens is 1. The number of nitrogens with two attached hydrogens (primary N) is 1. The molecule has 0 aromatic heterocycles. The van der Waals surface area contributed by atoms with Crippen LogP contribution in [0.3, 0.4) is 0 Å².